The maximum Gasteiger partial charge on any atom is 0.0794 e. The molecule has 0 aromatic heterocycles. The van der Waals surface area contributed by atoms with Crippen molar-refractivity contribution >= 4 is 17.3 Å². The summed E-state index contributed by atoms with van der Waals surface area (Å²) in [6, 6.07) is 6.99. The van der Waals surface area contributed by atoms with E-state index in [-0.39, 0.29) is 0 Å². The zero-order valence-corrected chi connectivity index (χ0v) is 12.8. The summed E-state index contributed by atoms with van der Waals surface area (Å²) in [5, 5.41) is 14.5. The van der Waals surface area contributed by atoms with E-state index in [0.717, 1.165) is 36.6 Å². The van der Waals surface area contributed by atoms with Gasteiger partial charge in [0.25, 0.3) is 0 Å². The van der Waals surface area contributed by atoms with E-state index < -0.39 is 5.60 Å². The summed E-state index contributed by atoms with van der Waals surface area (Å²) in [6.07, 6.45) is 4.47. The van der Waals surface area contributed by atoms with Gasteiger partial charge in [-0.25, -0.2) is 0 Å². The summed E-state index contributed by atoms with van der Waals surface area (Å²) in [6.45, 7) is 4.42. The van der Waals surface area contributed by atoms with E-state index in [2.05, 4.69) is 28.4 Å². The topological polar surface area (TPSA) is 35.5 Å². The molecule has 1 heterocycles. The minimum atomic E-state index is -0.603. The van der Waals surface area contributed by atoms with Crippen LogP contribution in [0.15, 0.2) is 18.2 Å². The Morgan fingerprint density at radius 1 is 1.45 bits per heavy atom. The first kappa shape index (κ1) is 14.2. The third-order valence-corrected chi connectivity index (χ3v) is 4.50. The molecule has 110 valence electrons. The van der Waals surface area contributed by atoms with Gasteiger partial charge < -0.3 is 15.3 Å². The number of rotatable bonds is 4. The highest BCUT2D eigenvalue weighted by Crippen LogP contribution is 2.32. The normalized spacial score (nSPS) is 26.9. The summed E-state index contributed by atoms with van der Waals surface area (Å²) < 4.78 is 0. The Bertz CT molecular complexity index is 485. The first-order valence-electron chi connectivity index (χ1n) is 7.53. The van der Waals surface area contributed by atoms with Crippen molar-refractivity contribution in [3.8, 4) is 0 Å². The molecule has 20 heavy (non-hydrogen) atoms. The van der Waals surface area contributed by atoms with E-state index in [1.807, 2.05) is 6.92 Å². The maximum absolute atomic E-state index is 10.2. The Hall–Kier alpha value is -0.770. The van der Waals surface area contributed by atoms with Crippen LogP contribution in [-0.4, -0.2) is 29.8 Å². The van der Waals surface area contributed by atoms with Crippen molar-refractivity contribution in [2.24, 2.45) is 0 Å². The summed E-state index contributed by atoms with van der Waals surface area (Å²) in [5.74, 6) is 0. The summed E-state index contributed by atoms with van der Waals surface area (Å²) in [5.41, 5.74) is 1.67. The molecule has 0 amide bonds. The Labute approximate surface area is 125 Å². The van der Waals surface area contributed by atoms with Crippen molar-refractivity contribution in [3.05, 3.63) is 28.8 Å². The lowest BCUT2D eigenvalue weighted by Crippen LogP contribution is -2.46. The largest absolute Gasteiger partial charge is 0.388 e. The molecule has 2 aliphatic rings. The van der Waals surface area contributed by atoms with Crippen LogP contribution >= 0.6 is 11.6 Å². The van der Waals surface area contributed by atoms with E-state index in [1.165, 1.54) is 18.4 Å². The average molecular weight is 295 g/mol. The van der Waals surface area contributed by atoms with Gasteiger partial charge in [0.05, 0.1) is 16.3 Å². The van der Waals surface area contributed by atoms with Gasteiger partial charge in [-0.1, -0.05) is 17.7 Å². The van der Waals surface area contributed by atoms with Crippen LogP contribution < -0.4 is 10.2 Å². The van der Waals surface area contributed by atoms with Crippen LogP contribution in [0.3, 0.4) is 0 Å². The molecular weight excluding hydrogens is 272 g/mol. The van der Waals surface area contributed by atoms with Crippen molar-refractivity contribution in [1.82, 2.24) is 5.32 Å². The number of anilines is 1. The van der Waals surface area contributed by atoms with Crippen LogP contribution in [0.2, 0.25) is 5.02 Å². The number of piperidine rings is 1. The molecule has 1 aliphatic heterocycles. The summed E-state index contributed by atoms with van der Waals surface area (Å²) in [4.78, 5) is 2.20. The second-order valence-electron chi connectivity index (χ2n) is 6.46. The van der Waals surface area contributed by atoms with Crippen molar-refractivity contribution in [3.63, 3.8) is 0 Å². The molecule has 1 saturated carbocycles. The second kappa shape index (κ2) is 5.55. The van der Waals surface area contributed by atoms with Crippen LogP contribution in [0, 0.1) is 0 Å². The highest BCUT2D eigenvalue weighted by molar-refractivity contribution is 6.33. The fourth-order valence-corrected chi connectivity index (χ4v) is 3.21. The number of β-amino-alcohol motifs (C(OH)–C–C–N with tert-alkyl or cyclic N) is 1. The first-order chi connectivity index (χ1) is 9.53. The predicted molar refractivity (Wildman–Crippen MR) is 83.4 cm³/mol. The van der Waals surface area contributed by atoms with Crippen molar-refractivity contribution in [1.29, 1.82) is 0 Å². The smallest absolute Gasteiger partial charge is 0.0794 e. The Kier molecular flexibility index (Phi) is 3.93. The molecule has 1 unspecified atom stereocenters. The Balaban J connectivity index is 1.69. The number of nitrogens with zero attached hydrogens (tertiary/aromatic N) is 1. The highest BCUT2D eigenvalue weighted by Gasteiger charge is 2.29. The quantitative estimate of drug-likeness (QED) is 0.896. The monoisotopic (exact) mass is 294 g/mol. The van der Waals surface area contributed by atoms with E-state index in [4.69, 9.17) is 11.6 Å². The SMILES string of the molecule is CC1(O)CCCN(c2ccc(CNC3CC3)cc2Cl)C1. The minimum absolute atomic E-state index is 0.603. The lowest BCUT2D eigenvalue weighted by molar-refractivity contribution is 0.0449. The molecule has 0 spiro atoms. The maximum atomic E-state index is 10.2. The number of aliphatic hydroxyl groups is 1. The molecule has 1 aromatic rings. The third-order valence-electron chi connectivity index (χ3n) is 4.20. The second-order valence-corrected chi connectivity index (χ2v) is 6.87. The van der Waals surface area contributed by atoms with Crippen molar-refractivity contribution < 1.29 is 5.11 Å². The van der Waals surface area contributed by atoms with Gasteiger partial charge >= 0.3 is 0 Å². The van der Waals surface area contributed by atoms with E-state index in [0.29, 0.717) is 12.6 Å². The standard InChI is InChI=1S/C16H23ClN2O/c1-16(20)7-2-8-19(11-16)15-6-3-12(9-14(15)17)10-18-13-4-5-13/h3,6,9,13,18,20H,2,4-5,7-8,10-11H2,1H3. The molecule has 0 bridgehead atoms. The third kappa shape index (κ3) is 3.46. The minimum Gasteiger partial charge on any atom is -0.388 e. The Morgan fingerprint density at radius 2 is 2.25 bits per heavy atom. The zero-order chi connectivity index (χ0) is 14.2. The number of benzene rings is 1. The molecule has 4 heteroatoms. The van der Waals surface area contributed by atoms with Crippen molar-refractivity contribution in [2.45, 2.75) is 50.8 Å². The van der Waals surface area contributed by atoms with Gasteiger partial charge in [-0.15, -0.1) is 0 Å². The molecule has 3 nitrogen and oxygen atoms in total. The van der Waals surface area contributed by atoms with Crippen LogP contribution in [0.25, 0.3) is 0 Å². The fourth-order valence-electron chi connectivity index (χ4n) is 2.89. The van der Waals surface area contributed by atoms with Crippen LogP contribution in [0.1, 0.15) is 38.2 Å². The van der Waals surface area contributed by atoms with Crippen LogP contribution in [0.5, 0.6) is 0 Å². The summed E-state index contributed by atoms with van der Waals surface area (Å²) >= 11 is 6.44. The molecule has 1 aliphatic carbocycles. The van der Waals surface area contributed by atoms with E-state index >= 15 is 0 Å². The first-order valence-corrected chi connectivity index (χ1v) is 7.90. The number of hydrogen-bond acceptors (Lipinski definition) is 3. The molecule has 1 aromatic carbocycles. The van der Waals surface area contributed by atoms with Gasteiger partial charge in [-0.3, -0.25) is 0 Å². The number of hydrogen-bond donors (Lipinski definition) is 2. The molecule has 0 radical (unpaired) electrons. The fraction of sp³-hybridized carbons (Fsp3) is 0.625. The number of nitrogens with one attached hydrogen (secondary N) is 1. The van der Waals surface area contributed by atoms with Gasteiger partial charge in [0.15, 0.2) is 0 Å². The van der Waals surface area contributed by atoms with Crippen molar-refractivity contribution in [2.75, 3.05) is 18.0 Å². The molecular formula is C16H23ClN2O. The molecule has 2 fully saturated rings. The van der Waals surface area contributed by atoms with Crippen LogP contribution in [-0.2, 0) is 6.54 Å². The summed E-state index contributed by atoms with van der Waals surface area (Å²) in [7, 11) is 0. The predicted octanol–water partition coefficient (Wildman–Crippen LogP) is 2.94. The van der Waals surface area contributed by atoms with Crippen LogP contribution in [0.4, 0.5) is 5.69 Å². The molecule has 3 rings (SSSR count). The van der Waals surface area contributed by atoms with Gasteiger partial charge in [0.1, 0.15) is 0 Å². The zero-order valence-electron chi connectivity index (χ0n) is 12.0. The average Bonchev–Trinajstić information content (AvgIpc) is 3.19. The van der Waals surface area contributed by atoms with Gasteiger partial charge in [-0.05, 0) is 50.3 Å². The van der Waals surface area contributed by atoms with E-state index in [1.54, 1.807) is 0 Å². The van der Waals surface area contributed by atoms with Gasteiger partial charge in [0, 0.05) is 25.7 Å². The lowest BCUT2D eigenvalue weighted by Gasteiger charge is -2.38. The lowest BCUT2D eigenvalue weighted by atomic mass is 9.94. The highest BCUT2D eigenvalue weighted by atomic mass is 35.5. The number of halogens is 1. The van der Waals surface area contributed by atoms with Gasteiger partial charge in [0.2, 0.25) is 0 Å². The molecule has 1 atom stereocenters. The Morgan fingerprint density at radius 3 is 2.90 bits per heavy atom. The molecule has 1 saturated heterocycles. The van der Waals surface area contributed by atoms with E-state index in [9.17, 15) is 5.11 Å². The molecule has 2 N–H and O–H groups in total. The van der Waals surface area contributed by atoms with Gasteiger partial charge in [-0.2, -0.15) is 0 Å².